The number of ether oxygens (including phenoxy) is 1. The predicted molar refractivity (Wildman–Crippen MR) is 75.5 cm³/mol. The van der Waals surface area contributed by atoms with Crippen molar-refractivity contribution in [3.8, 4) is 17.1 Å². The van der Waals surface area contributed by atoms with Crippen molar-refractivity contribution >= 4 is 11.6 Å². The first-order chi connectivity index (χ1) is 9.10. The van der Waals surface area contributed by atoms with Gasteiger partial charge in [-0.15, -0.1) is 0 Å². The van der Waals surface area contributed by atoms with Crippen LogP contribution in [-0.2, 0) is 6.54 Å². The highest BCUT2D eigenvalue weighted by Crippen LogP contribution is 2.32. The van der Waals surface area contributed by atoms with Gasteiger partial charge in [-0.05, 0) is 18.2 Å². The van der Waals surface area contributed by atoms with Crippen LogP contribution in [0.1, 0.15) is 19.7 Å². The van der Waals surface area contributed by atoms with Crippen molar-refractivity contribution in [2.75, 3.05) is 7.11 Å². The summed E-state index contributed by atoms with van der Waals surface area (Å²) >= 11 is 6.00. The van der Waals surface area contributed by atoms with E-state index in [0.29, 0.717) is 35.0 Å². The van der Waals surface area contributed by atoms with E-state index in [9.17, 15) is 0 Å². The van der Waals surface area contributed by atoms with E-state index in [4.69, 9.17) is 20.8 Å². The fourth-order valence-electron chi connectivity index (χ4n) is 1.68. The summed E-state index contributed by atoms with van der Waals surface area (Å²) in [6.45, 7) is 4.74. The monoisotopic (exact) mass is 280 g/mol. The Kier molecular flexibility index (Phi) is 4.45. The summed E-state index contributed by atoms with van der Waals surface area (Å²) in [7, 11) is 1.62. The Hall–Kier alpha value is -1.52. The highest BCUT2D eigenvalue weighted by atomic mass is 35.5. The molecule has 1 heterocycles. The van der Waals surface area contributed by atoms with Crippen LogP contribution in [0.25, 0.3) is 11.3 Å². The SMILES string of the molecule is COc1ccc(Cl)cc1-c1cnc(CNC(C)C)o1. The second kappa shape index (κ2) is 6.08. The molecule has 0 aliphatic heterocycles. The van der Waals surface area contributed by atoms with Crippen LogP contribution in [0.15, 0.2) is 28.8 Å². The molecule has 0 saturated heterocycles. The van der Waals surface area contributed by atoms with Gasteiger partial charge in [0.1, 0.15) is 5.75 Å². The van der Waals surface area contributed by atoms with E-state index in [1.807, 2.05) is 6.07 Å². The van der Waals surface area contributed by atoms with Gasteiger partial charge in [-0.3, -0.25) is 0 Å². The minimum absolute atomic E-state index is 0.385. The maximum atomic E-state index is 6.00. The normalized spacial score (nSPS) is 11.0. The van der Waals surface area contributed by atoms with Crippen LogP contribution in [0.2, 0.25) is 5.02 Å². The molecule has 1 aromatic heterocycles. The van der Waals surface area contributed by atoms with Crippen molar-refractivity contribution in [3.05, 3.63) is 35.3 Å². The molecule has 19 heavy (non-hydrogen) atoms. The quantitative estimate of drug-likeness (QED) is 0.910. The smallest absolute Gasteiger partial charge is 0.208 e. The Morgan fingerprint density at radius 3 is 2.89 bits per heavy atom. The molecule has 0 amide bonds. The first-order valence-corrected chi connectivity index (χ1v) is 6.50. The molecule has 1 N–H and O–H groups in total. The lowest BCUT2D eigenvalue weighted by Crippen LogP contribution is -2.21. The van der Waals surface area contributed by atoms with Gasteiger partial charge >= 0.3 is 0 Å². The van der Waals surface area contributed by atoms with Crippen LogP contribution in [0.4, 0.5) is 0 Å². The molecule has 2 aromatic rings. The van der Waals surface area contributed by atoms with Gasteiger partial charge in [0.2, 0.25) is 5.89 Å². The molecule has 0 bridgehead atoms. The Labute approximate surface area is 117 Å². The number of benzene rings is 1. The molecular weight excluding hydrogens is 264 g/mol. The zero-order valence-electron chi connectivity index (χ0n) is 11.2. The molecule has 0 atom stereocenters. The van der Waals surface area contributed by atoms with Crippen LogP contribution in [0.5, 0.6) is 5.75 Å². The summed E-state index contributed by atoms with van der Waals surface area (Å²) < 4.78 is 11.0. The predicted octanol–water partition coefficient (Wildman–Crippen LogP) is 3.50. The van der Waals surface area contributed by atoms with E-state index >= 15 is 0 Å². The average molecular weight is 281 g/mol. The molecule has 0 aliphatic carbocycles. The number of nitrogens with one attached hydrogen (secondary N) is 1. The maximum absolute atomic E-state index is 6.00. The summed E-state index contributed by atoms with van der Waals surface area (Å²) in [6, 6.07) is 5.78. The van der Waals surface area contributed by atoms with Crippen molar-refractivity contribution in [2.24, 2.45) is 0 Å². The van der Waals surface area contributed by atoms with Gasteiger partial charge in [0, 0.05) is 11.1 Å². The molecule has 0 aliphatic rings. The number of rotatable bonds is 5. The number of nitrogens with zero attached hydrogens (tertiary/aromatic N) is 1. The van der Waals surface area contributed by atoms with Crippen molar-refractivity contribution in [1.82, 2.24) is 10.3 Å². The second-order valence-corrected chi connectivity index (χ2v) is 4.93. The first kappa shape index (κ1) is 13.9. The van der Waals surface area contributed by atoms with Crippen molar-refractivity contribution in [2.45, 2.75) is 26.4 Å². The Morgan fingerprint density at radius 1 is 1.42 bits per heavy atom. The Balaban J connectivity index is 2.24. The number of halogens is 1. The van der Waals surface area contributed by atoms with Crippen LogP contribution in [0.3, 0.4) is 0 Å². The Morgan fingerprint density at radius 2 is 2.21 bits per heavy atom. The zero-order chi connectivity index (χ0) is 13.8. The fourth-order valence-corrected chi connectivity index (χ4v) is 1.85. The topological polar surface area (TPSA) is 47.3 Å². The van der Waals surface area contributed by atoms with E-state index in [1.54, 1.807) is 25.4 Å². The molecule has 0 saturated carbocycles. The maximum Gasteiger partial charge on any atom is 0.208 e. The van der Waals surface area contributed by atoms with Crippen molar-refractivity contribution < 1.29 is 9.15 Å². The Bertz CT molecular complexity index is 552. The minimum Gasteiger partial charge on any atom is -0.496 e. The number of methoxy groups -OCH3 is 1. The third-order valence-electron chi connectivity index (χ3n) is 2.64. The van der Waals surface area contributed by atoms with Gasteiger partial charge in [-0.25, -0.2) is 4.98 Å². The first-order valence-electron chi connectivity index (χ1n) is 6.12. The van der Waals surface area contributed by atoms with E-state index in [1.165, 1.54) is 0 Å². The van der Waals surface area contributed by atoms with E-state index in [-0.39, 0.29) is 0 Å². The van der Waals surface area contributed by atoms with Gasteiger partial charge < -0.3 is 14.5 Å². The minimum atomic E-state index is 0.385. The molecule has 1 aromatic carbocycles. The van der Waals surface area contributed by atoms with Crippen molar-refractivity contribution in [3.63, 3.8) is 0 Å². The molecular formula is C14H17ClN2O2. The molecule has 0 fully saturated rings. The van der Waals surface area contributed by atoms with E-state index in [0.717, 1.165) is 5.56 Å². The largest absolute Gasteiger partial charge is 0.496 e. The van der Waals surface area contributed by atoms with Crippen molar-refractivity contribution in [1.29, 1.82) is 0 Å². The van der Waals surface area contributed by atoms with Crippen LogP contribution in [0, 0.1) is 0 Å². The molecule has 5 heteroatoms. The summed E-state index contributed by atoms with van der Waals surface area (Å²) in [5.74, 6) is 2.01. The lowest BCUT2D eigenvalue weighted by Gasteiger charge is -2.06. The third-order valence-corrected chi connectivity index (χ3v) is 2.88. The lowest BCUT2D eigenvalue weighted by molar-refractivity contribution is 0.412. The van der Waals surface area contributed by atoms with Gasteiger partial charge in [0.25, 0.3) is 0 Å². The third kappa shape index (κ3) is 3.49. The van der Waals surface area contributed by atoms with Gasteiger partial charge in [-0.1, -0.05) is 25.4 Å². The highest BCUT2D eigenvalue weighted by Gasteiger charge is 2.12. The van der Waals surface area contributed by atoms with Gasteiger partial charge in [-0.2, -0.15) is 0 Å². The molecule has 0 unspecified atom stereocenters. The summed E-state index contributed by atoms with van der Waals surface area (Å²) in [5, 5.41) is 3.89. The lowest BCUT2D eigenvalue weighted by atomic mass is 10.1. The van der Waals surface area contributed by atoms with E-state index < -0.39 is 0 Å². The number of hydrogen-bond donors (Lipinski definition) is 1. The second-order valence-electron chi connectivity index (χ2n) is 4.50. The molecule has 2 rings (SSSR count). The molecule has 0 spiro atoms. The summed E-state index contributed by atoms with van der Waals surface area (Å²) in [5.41, 5.74) is 0.804. The van der Waals surface area contributed by atoms with Gasteiger partial charge in [0.15, 0.2) is 5.76 Å². The van der Waals surface area contributed by atoms with Crippen LogP contribution in [-0.4, -0.2) is 18.1 Å². The van der Waals surface area contributed by atoms with Crippen LogP contribution >= 0.6 is 11.6 Å². The molecule has 102 valence electrons. The van der Waals surface area contributed by atoms with E-state index in [2.05, 4.69) is 24.1 Å². The standard InChI is InChI=1S/C14H17ClN2O2/c1-9(2)16-8-14-17-7-13(19-14)11-6-10(15)4-5-12(11)18-3/h4-7,9,16H,8H2,1-3H3. The zero-order valence-corrected chi connectivity index (χ0v) is 12.0. The summed E-state index contributed by atoms with van der Waals surface area (Å²) in [4.78, 5) is 4.24. The van der Waals surface area contributed by atoms with Crippen LogP contribution < -0.4 is 10.1 Å². The number of hydrogen-bond acceptors (Lipinski definition) is 4. The number of oxazole rings is 1. The average Bonchev–Trinajstić information content (AvgIpc) is 2.85. The molecule has 0 radical (unpaired) electrons. The summed E-state index contributed by atoms with van der Waals surface area (Å²) in [6.07, 6.45) is 1.69. The molecule has 4 nitrogen and oxygen atoms in total. The van der Waals surface area contributed by atoms with Gasteiger partial charge in [0.05, 0.1) is 25.4 Å². The fraction of sp³-hybridized carbons (Fsp3) is 0.357. The highest BCUT2D eigenvalue weighted by molar-refractivity contribution is 6.30. The number of aromatic nitrogens is 1.